The lowest BCUT2D eigenvalue weighted by Crippen LogP contribution is -2.42. The quantitative estimate of drug-likeness (QED) is 0.408. The van der Waals surface area contributed by atoms with E-state index in [1.54, 1.807) is 24.4 Å². The van der Waals surface area contributed by atoms with Crippen LogP contribution in [0.4, 0.5) is 15.8 Å². The number of non-ortho nitro benzene ring substituents is 1. The minimum atomic E-state index is -0.524. The van der Waals surface area contributed by atoms with Crippen molar-refractivity contribution < 1.29 is 14.1 Å². The molecule has 3 aliphatic rings. The summed E-state index contributed by atoms with van der Waals surface area (Å²) in [7, 11) is 2.05. The van der Waals surface area contributed by atoms with Crippen molar-refractivity contribution in [3.63, 3.8) is 0 Å². The number of piperazine rings is 1. The molecule has 10 heteroatoms. The molecule has 9 nitrogen and oxygen atoms in total. The van der Waals surface area contributed by atoms with Gasteiger partial charge in [-0.25, -0.2) is 9.38 Å². The van der Waals surface area contributed by atoms with Crippen molar-refractivity contribution in [1.82, 2.24) is 9.80 Å². The predicted molar refractivity (Wildman–Crippen MR) is 122 cm³/mol. The van der Waals surface area contributed by atoms with Gasteiger partial charge < -0.3 is 9.80 Å². The number of hydrogen-bond acceptors (Lipinski definition) is 7. The van der Waals surface area contributed by atoms with Gasteiger partial charge in [0.2, 0.25) is 0 Å². The maximum Gasteiger partial charge on any atom is 0.284 e. The van der Waals surface area contributed by atoms with E-state index in [9.17, 15) is 19.3 Å². The Bertz CT molecular complexity index is 1250. The number of rotatable bonds is 3. The van der Waals surface area contributed by atoms with Gasteiger partial charge in [0.05, 0.1) is 22.9 Å². The molecule has 0 unspecified atom stereocenters. The van der Waals surface area contributed by atoms with Gasteiger partial charge >= 0.3 is 0 Å². The topological polar surface area (TPSA) is 94.7 Å². The Balaban J connectivity index is 1.60. The Hall–Kier alpha value is -3.92. The predicted octanol–water partition coefficient (Wildman–Crippen LogP) is 2.42. The fourth-order valence-electron chi connectivity index (χ4n) is 4.17. The Morgan fingerprint density at radius 1 is 1.09 bits per heavy atom. The summed E-state index contributed by atoms with van der Waals surface area (Å²) in [6.07, 6.45) is 1.77. The van der Waals surface area contributed by atoms with Crippen LogP contribution in [0.2, 0.25) is 0 Å². The lowest BCUT2D eigenvalue weighted by Gasteiger charge is -2.31. The van der Waals surface area contributed by atoms with Crippen LogP contribution in [0, 0.1) is 15.9 Å². The number of anilines is 1. The SMILES string of the molecule is CN1CCN(C=C2N=C3CN=C(c4ccccc4F)c4cc([N+](=O)[O-])ccc4N3C2=O)CC1. The van der Waals surface area contributed by atoms with Crippen LogP contribution in [0.3, 0.4) is 0 Å². The van der Waals surface area contributed by atoms with Gasteiger partial charge in [-0.05, 0) is 25.2 Å². The highest BCUT2D eigenvalue weighted by atomic mass is 19.1. The van der Waals surface area contributed by atoms with E-state index in [0.29, 0.717) is 22.8 Å². The molecule has 3 aliphatic heterocycles. The first-order valence-electron chi connectivity index (χ1n) is 10.6. The summed E-state index contributed by atoms with van der Waals surface area (Å²) in [6, 6.07) is 10.3. The van der Waals surface area contributed by atoms with Gasteiger partial charge in [-0.2, -0.15) is 0 Å². The number of amidine groups is 1. The van der Waals surface area contributed by atoms with E-state index >= 15 is 0 Å². The van der Waals surface area contributed by atoms with E-state index in [1.165, 1.54) is 29.2 Å². The number of nitrogens with zero attached hydrogens (tertiary/aromatic N) is 6. The highest BCUT2D eigenvalue weighted by molar-refractivity contribution is 6.32. The third kappa shape index (κ3) is 3.78. The molecule has 5 rings (SSSR count). The highest BCUT2D eigenvalue weighted by Crippen LogP contribution is 2.34. The van der Waals surface area contributed by atoms with Crippen molar-refractivity contribution in [2.75, 3.05) is 44.7 Å². The zero-order valence-corrected chi connectivity index (χ0v) is 17.9. The Kier molecular flexibility index (Phi) is 5.21. The van der Waals surface area contributed by atoms with Crippen LogP contribution in [0.5, 0.6) is 0 Å². The first kappa shape index (κ1) is 21.0. The molecule has 0 radical (unpaired) electrons. The van der Waals surface area contributed by atoms with E-state index in [2.05, 4.69) is 26.8 Å². The molecule has 0 aromatic heterocycles. The van der Waals surface area contributed by atoms with Crippen LogP contribution in [0.15, 0.2) is 64.3 Å². The van der Waals surface area contributed by atoms with Gasteiger partial charge in [0.1, 0.15) is 17.3 Å². The van der Waals surface area contributed by atoms with Crippen molar-refractivity contribution in [3.8, 4) is 0 Å². The zero-order chi connectivity index (χ0) is 23.1. The Labute approximate surface area is 189 Å². The fraction of sp³-hybridized carbons (Fsp3) is 0.261. The highest BCUT2D eigenvalue weighted by Gasteiger charge is 2.37. The smallest absolute Gasteiger partial charge is 0.284 e. The normalized spacial score (nSPS) is 19.7. The second kappa shape index (κ2) is 8.21. The minimum Gasteiger partial charge on any atom is -0.373 e. The molecule has 0 bridgehead atoms. The molecule has 2 aromatic rings. The molecule has 1 fully saturated rings. The zero-order valence-electron chi connectivity index (χ0n) is 17.9. The number of carbonyl (C=O) groups is 1. The van der Waals surface area contributed by atoms with Gasteiger partial charge in [-0.1, -0.05) is 12.1 Å². The molecule has 0 N–H and O–H groups in total. The molecule has 1 amide bonds. The number of fused-ring (bicyclic) bond motifs is 3. The third-order valence-corrected chi connectivity index (χ3v) is 5.97. The summed E-state index contributed by atoms with van der Waals surface area (Å²) < 4.78 is 14.6. The number of nitro groups is 1. The van der Waals surface area contributed by atoms with Crippen molar-refractivity contribution in [1.29, 1.82) is 0 Å². The molecule has 0 atom stereocenters. The van der Waals surface area contributed by atoms with Crippen molar-refractivity contribution in [2.24, 2.45) is 9.98 Å². The van der Waals surface area contributed by atoms with Crippen molar-refractivity contribution in [2.45, 2.75) is 0 Å². The molecule has 0 aliphatic carbocycles. The summed E-state index contributed by atoms with van der Waals surface area (Å²) in [5.41, 5.74) is 1.30. The second-order valence-electron chi connectivity index (χ2n) is 8.13. The Morgan fingerprint density at radius 3 is 2.58 bits per heavy atom. The van der Waals surface area contributed by atoms with Gasteiger partial charge in [0, 0.05) is 55.6 Å². The number of hydrogen-bond donors (Lipinski definition) is 0. The molecular weight excluding hydrogens is 427 g/mol. The first-order chi connectivity index (χ1) is 15.9. The minimum absolute atomic E-state index is 0.0396. The number of nitro benzene ring substituents is 1. The summed E-state index contributed by atoms with van der Waals surface area (Å²) >= 11 is 0. The lowest BCUT2D eigenvalue weighted by atomic mass is 9.99. The molecule has 3 heterocycles. The lowest BCUT2D eigenvalue weighted by molar-refractivity contribution is -0.384. The maximum absolute atomic E-state index is 14.6. The van der Waals surface area contributed by atoms with Gasteiger partial charge in [0.25, 0.3) is 11.6 Å². The number of aliphatic imine (C=N–C) groups is 2. The van der Waals surface area contributed by atoms with E-state index in [-0.39, 0.29) is 29.4 Å². The number of carbonyl (C=O) groups excluding carboxylic acids is 1. The van der Waals surface area contributed by atoms with Crippen LogP contribution < -0.4 is 4.90 Å². The number of likely N-dealkylation sites (N-methyl/N-ethyl adjacent to an activating group) is 1. The van der Waals surface area contributed by atoms with Crippen LogP contribution >= 0.6 is 0 Å². The van der Waals surface area contributed by atoms with E-state index < -0.39 is 10.7 Å². The molecule has 33 heavy (non-hydrogen) atoms. The van der Waals surface area contributed by atoms with Crippen LogP contribution in [-0.2, 0) is 4.79 Å². The molecule has 0 saturated carbocycles. The van der Waals surface area contributed by atoms with Crippen LogP contribution in [0.1, 0.15) is 11.1 Å². The number of amides is 1. The van der Waals surface area contributed by atoms with Gasteiger partial charge in [-0.3, -0.25) is 24.8 Å². The monoisotopic (exact) mass is 448 g/mol. The van der Waals surface area contributed by atoms with E-state index in [0.717, 1.165) is 26.2 Å². The largest absolute Gasteiger partial charge is 0.373 e. The number of benzene rings is 2. The average molecular weight is 448 g/mol. The Morgan fingerprint density at radius 2 is 1.85 bits per heavy atom. The van der Waals surface area contributed by atoms with Gasteiger partial charge in [0.15, 0.2) is 0 Å². The molecule has 1 saturated heterocycles. The van der Waals surface area contributed by atoms with Gasteiger partial charge in [-0.15, -0.1) is 0 Å². The summed E-state index contributed by atoms with van der Waals surface area (Å²) in [6.45, 7) is 3.40. The van der Waals surface area contributed by atoms with Crippen molar-refractivity contribution in [3.05, 3.63) is 81.4 Å². The average Bonchev–Trinajstić information content (AvgIpc) is 3.01. The number of halogens is 1. The van der Waals surface area contributed by atoms with Crippen LogP contribution in [0.25, 0.3) is 0 Å². The summed E-state index contributed by atoms with van der Waals surface area (Å²) in [5, 5.41) is 11.4. The molecular formula is C23H21FN6O3. The first-order valence-corrected chi connectivity index (χ1v) is 10.6. The summed E-state index contributed by atoms with van der Waals surface area (Å²) in [4.78, 5) is 39.1. The molecule has 2 aromatic carbocycles. The standard InChI is InChI=1S/C23H21FN6O3/c1-27-8-10-28(11-9-27)14-19-23(31)29-20-7-6-15(30(32)33)12-17(20)22(25-13-21(29)26-19)16-4-2-3-5-18(16)24/h2-7,12,14H,8-11,13H2,1H3. The van der Waals surface area contributed by atoms with E-state index in [1.807, 2.05) is 0 Å². The maximum atomic E-state index is 14.6. The molecule has 0 spiro atoms. The third-order valence-electron chi connectivity index (χ3n) is 5.97. The van der Waals surface area contributed by atoms with Crippen molar-refractivity contribution >= 4 is 28.8 Å². The molecule has 168 valence electrons. The summed E-state index contributed by atoms with van der Waals surface area (Å²) in [5.74, 6) is -0.425. The van der Waals surface area contributed by atoms with Crippen LogP contribution in [-0.4, -0.2) is 71.9 Å². The fourth-order valence-corrected chi connectivity index (χ4v) is 4.17. The van der Waals surface area contributed by atoms with E-state index in [4.69, 9.17) is 0 Å². The second-order valence-corrected chi connectivity index (χ2v) is 8.13.